The Bertz CT molecular complexity index is 495. The molecule has 1 heterocycles. The van der Waals surface area contributed by atoms with Crippen molar-refractivity contribution < 1.29 is 9.18 Å². The highest BCUT2D eigenvalue weighted by Crippen LogP contribution is 2.27. The highest BCUT2D eigenvalue weighted by Gasteiger charge is 2.27. The molecule has 17 heavy (non-hydrogen) atoms. The topological polar surface area (TPSA) is 70.1 Å². The first-order valence-corrected chi connectivity index (χ1v) is 5.35. The average Bonchev–Trinajstić information content (AvgIpc) is 2.78. The standard InChI is InChI=1S/C12H12FN3O/c13-10-1-2-11(9(5-10)6-14)16-4-3-8(7-16)12(15)17/h1-2,5,8H,3-4,7H2,(H2,15,17). The Hall–Kier alpha value is -2.09. The summed E-state index contributed by atoms with van der Waals surface area (Å²) in [6.07, 6.45) is 0.678. The fourth-order valence-electron chi connectivity index (χ4n) is 2.08. The van der Waals surface area contributed by atoms with Crippen molar-refractivity contribution in [3.05, 3.63) is 29.6 Å². The predicted molar refractivity (Wildman–Crippen MR) is 60.6 cm³/mol. The fraction of sp³-hybridized carbons (Fsp3) is 0.333. The van der Waals surface area contributed by atoms with Crippen LogP contribution in [0.2, 0.25) is 0 Å². The Morgan fingerprint density at radius 2 is 2.35 bits per heavy atom. The molecule has 0 spiro atoms. The monoisotopic (exact) mass is 233 g/mol. The van der Waals surface area contributed by atoms with Crippen LogP contribution in [0.3, 0.4) is 0 Å². The molecular weight excluding hydrogens is 221 g/mol. The summed E-state index contributed by atoms with van der Waals surface area (Å²) in [6, 6.07) is 6.04. The molecule has 5 heteroatoms. The van der Waals surface area contributed by atoms with E-state index in [1.165, 1.54) is 12.1 Å². The lowest BCUT2D eigenvalue weighted by molar-refractivity contribution is -0.121. The van der Waals surface area contributed by atoms with Gasteiger partial charge in [-0.25, -0.2) is 4.39 Å². The number of nitrogens with zero attached hydrogens (tertiary/aromatic N) is 2. The van der Waals surface area contributed by atoms with E-state index in [0.29, 0.717) is 25.2 Å². The number of nitrogens with two attached hydrogens (primary N) is 1. The van der Waals surface area contributed by atoms with Crippen molar-refractivity contribution in [1.29, 1.82) is 5.26 Å². The quantitative estimate of drug-likeness (QED) is 0.828. The van der Waals surface area contributed by atoms with Gasteiger partial charge in [-0.05, 0) is 24.6 Å². The summed E-state index contributed by atoms with van der Waals surface area (Å²) in [7, 11) is 0. The summed E-state index contributed by atoms with van der Waals surface area (Å²) in [6.45, 7) is 1.16. The first-order valence-electron chi connectivity index (χ1n) is 5.35. The molecular formula is C12H12FN3O. The van der Waals surface area contributed by atoms with Gasteiger partial charge in [0.1, 0.15) is 11.9 Å². The number of amides is 1. The summed E-state index contributed by atoms with van der Waals surface area (Å²) in [5, 5.41) is 8.94. The summed E-state index contributed by atoms with van der Waals surface area (Å²) in [5.41, 5.74) is 6.19. The number of nitriles is 1. The molecule has 1 aromatic rings. The Kier molecular flexibility index (Phi) is 2.96. The second-order valence-corrected chi connectivity index (χ2v) is 4.11. The van der Waals surface area contributed by atoms with Gasteiger partial charge in [0.15, 0.2) is 0 Å². The summed E-state index contributed by atoms with van der Waals surface area (Å²) in [5.74, 6) is -0.948. The predicted octanol–water partition coefficient (Wildman–Crippen LogP) is 1.01. The second-order valence-electron chi connectivity index (χ2n) is 4.11. The lowest BCUT2D eigenvalue weighted by atomic mass is 10.1. The number of halogens is 1. The van der Waals surface area contributed by atoms with Crippen molar-refractivity contribution in [2.45, 2.75) is 6.42 Å². The molecule has 0 saturated carbocycles. The van der Waals surface area contributed by atoms with Gasteiger partial charge in [0.25, 0.3) is 0 Å². The number of benzene rings is 1. The van der Waals surface area contributed by atoms with Gasteiger partial charge in [-0.1, -0.05) is 0 Å². The molecule has 0 radical (unpaired) electrons. The van der Waals surface area contributed by atoms with Crippen molar-refractivity contribution in [1.82, 2.24) is 0 Å². The van der Waals surface area contributed by atoms with Crippen LogP contribution < -0.4 is 10.6 Å². The molecule has 0 aliphatic carbocycles. The van der Waals surface area contributed by atoms with Crippen LogP contribution in [0.15, 0.2) is 18.2 Å². The molecule has 1 unspecified atom stereocenters. The van der Waals surface area contributed by atoms with Gasteiger partial charge in [0.05, 0.1) is 17.2 Å². The van der Waals surface area contributed by atoms with E-state index in [-0.39, 0.29) is 17.4 Å². The van der Waals surface area contributed by atoms with Crippen molar-refractivity contribution in [3.8, 4) is 6.07 Å². The molecule has 1 amide bonds. The fourth-order valence-corrected chi connectivity index (χ4v) is 2.08. The van der Waals surface area contributed by atoms with Crippen molar-refractivity contribution in [2.75, 3.05) is 18.0 Å². The third kappa shape index (κ3) is 2.21. The van der Waals surface area contributed by atoms with Gasteiger partial charge in [0, 0.05) is 13.1 Å². The van der Waals surface area contributed by atoms with Crippen LogP contribution in [-0.2, 0) is 4.79 Å². The Morgan fingerprint density at radius 3 is 2.94 bits per heavy atom. The maximum Gasteiger partial charge on any atom is 0.222 e. The zero-order chi connectivity index (χ0) is 12.4. The van der Waals surface area contributed by atoms with E-state index in [2.05, 4.69) is 0 Å². The highest BCUT2D eigenvalue weighted by molar-refractivity contribution is 5.78. The smallest absolute Gasteiger partial charge is 0.222 e. The molecule has 1 aliphatic heterocycles. The first-order chi connectivity index (χ1) is 8.11. The molecule has 1 atom stereocenters. The SMILES string of the molecule is N#Cc1cc(F)ccc1N1CCC(C(N)=O)C1. The van der Waals surface area contributed by atoms with Crippen LogP contribution in [0.1, 0.15) is 12.0 Å². The molecule has 1 aromatic carbocycles. The minimum Gasteiger partial charge on any atom is -0.370 e. The van der Waals surface area contributed by atoms with Crippen LogP contribution in [0.25, 0.3) is 0 Å². The van der Waals surface area contributed by atoms with E-state index >= 15 is 0 Å². The minimum atomic E-state index is -0.434. The van der Waals surface area contributed by atoms with Crippen LogP contribution in [0, 0.1) is 23.1 Å². The number of primary amides is 1. The van der Waals surface area contributed by atoms with Gasteiger partial charge >= 0.3 is 0 Å². The zero-order valence-corrected chi connectivity index (χ0v) is 9.19. The molecule has 0 aromatic heterocycles. The number of anilines is 1. The lowest BCUT2D eigenvalue weighted by Crippen LogP contribution is -2.27. The highest BCUT2D eigenvalue weighted by atomic mass is 19.1. The van der Waals surface area contributed by atoms with Crippen LogP contribution in [-0.4, -0.2) is 19.0 Å². The number of carbonyl (C=O) groups excluding carboxylic acids is 1. The van der Waals surface area contributed by atoms with E-state index in [4.69, 9.17) is 11.0 Å². The molecule has 0 bridgehead atoms. The lowest BCUT2D eigenvalue weighted by Gasteiger charge is -2.19. The molecule has 1 saturated heterocycles. The average molecular weight is 233 g/mol. The zero-order valence-electron chi connectivity index (χ0n) is 9.19. The maximum atomic E-state index is 13.0. The van der Waals surface area contributed by atoms with Gasteiger partial charge in [-0.3, -0.25) is 4.79 Å². The molecule has 1 fully saturated rings. The minimum absolute atomic E-state index is 0.188. The van der Waals surface area contributed by atoms with E-state index in [0.717, 1.165) is 0 Å². The van der Waals surface area contributed by atoms with Crippen LogP contribution >= 0.6 is 0 Å². The third-order valence-electron chi connectivity index (χ3n) is 3.01. The van der Waals surface area contributed by atoms with Crippen LogP contribution in [0.5, 0.6) is 0 Å². The second kappa shape index (κ2) is 4.42. The van der Waals surface area contributed by atoms with Gasteiger partial charge < -0.3 is 10.6 Å². The normalized spacial score (nSPS) is 19.1. The van der Waals surface area contributed by atoms with Gasteiger partial charge in [-0.2, -0.15) is 5.26 Å². The summed E-state index contributed by atoms with van der Waals surface area (Å²) in [4.78, 5) is 13.0. The number of hydrogen-bond donors (Lipinski definition) is 1. The van der Waals surface area contributed by atoms with Crippen molar-refractivity contribution >= 4 is 11.6 Å². The van der Waals surface area contributed by atoms with E-state index in [9.17, 15) is 9.18 Å². The number of hydrogen-bond acceptors (Lipinski definition) is 3. The van der Waals surface area contributed by atoms with Crippen LogP contribution in [0.4, 0.5) is 10.1 Å². The van der Waals surface area contributed by atoms with E-state index in [1.807, 2.05) is 11.0 Å². The summed E-state index contributed by atoms with van der Waals surface area (Å²) < 4.78 is 13.0. The number of rotatable bonds is 2. The third-order valence-corrected chi connectivity index (χ3v) is 3.01. The van der Waals surface area contributed by atoms with E-state index < -0.39 is 5.82 Å². The van der Waals surface area contributed by atoms with E-state index in [1.54, 1.807) is 6.07 Å². The van der Waals surface area contributed by atoms with Crippen molar-refractivity contribution in [2.24, 2.45) is 11.7 Å². The molecule has 88 valence electrons. The largest absolute Gasteiger partial charge is 0.370 e. The molecule has 1 aliphatic rings. The Labute approximate surface area is 98.4 Å². The first kappa shape index (κ1) is 11.4. The van der Waals surface area contributed by atoms with Crippen molar-refractivity contribution in [3.63, 3.8) is 0 Å². The molecule has 4 nitrogen and oxygen atoms in total. The Morgan fingerprint density at radius 1 is 1.59 bits per heavy atom. The summed E-state index contributed by atoms with van der Waals surface area (Å²) >= 11 is 0. The molecule has 2 N–H and O–H groups in total. The van der Waals surface area contributed by atoms with Gasteiger partial charge in [0.2, 0.25) is 5.91 Å². The molecule has 2 rings (SSSR count). The Balaban J connectivity index is 2.25. The number of carbonyl (C=O) groups is 1. The maximum absolute atomic E-state index is 13.0. The van der Waals surface area contributed by atoms with Gasteiger partial charge in [-0.15, -0.1) is 0 Å².